The van der Waals surface area contributed by atoms with Crippen LogP contribution >= 0.6 is 11.8 Å². The van der Waals surface area contributed by atoms with Gasteiger partial charge in [-0.3, -0.25) is 9.59 Å². The van der Waals surface area contributed by atoms with Gasteiger partial charge in [0.1, 0.15) is 0 Å². The summed E-state index contributed by atoms with van der Waals surface area (Å²) in [6.45, 7) is 9.21. The fourth-order valence-electron chi connectivity index (χ4n) is 2.01. The Labute approximate surface area is 141 Å². The van der Waals surface area contributed by atoms with Crippen LogP contribution in [0.4, 0.5) is 0 Å². The van der Waals surface area contributed by atoms with Crippen LogP contribution in [-0.2, 0) is 20.7 Å². The molecule has 1 aromatic heterocycles. The Kier molecular flexibility index (Phi) is 7.74. The summed E-state index contributed by atoms with van der Waals surface area (Å²) in [6, 6.07) is 0. The van der Waals surface area contributed by atoms with E-state index in [2.05, 4.69) is 21.9 Å². The zero-order valence-corrected chi connectivity index (χ0v) is 14.8. The Morgan fingerprint density at radius 3 is 2.48 bits per heavy atom. The number of aryl methyl sites for hydroxylation is 2. The van der Waals surface area contributed by atoms with E-state index in [-0.39, 0.29) is 12.3 Å². The summed E-state index contributed by atoms with van der Waals surface area (Å²) in [4.78, 5) is 32.3. The molecule has 1 heterocycles. The lowest BCUT2D eigenvalue weighted by atomic mass is 10.1. The highest BCUT2D eigenvalue weighted by molar-refractivity contribution is 7.98. The Morgan fingerprint density at radius 2 is 1.96 bits per heavy atom. The van der Waals surface area contributed by atoms with Crippen LogP contribution in [0.1, 0.15) is 30.3 Å². The maximum atomic E-state index is 11.9. The van der Waals surface area contributed by atoms with Gasteiger partial charge in [-0.25, -0.2) is 9.97 Å². The van der Waals surface area contributed by atoms with Crippen molar-refractivity contribution in [1.82, 2.24) is 15.3 Å². The fourth-order valence-corrected chi connectivity index (χ4v) is 2.47. The van der Waals surface area contributed by atoms with E-state index < -0.39 is 12.1 Å². The molecule has 6 nitrogen and oxygen atoms in total. The topological polar surface area (TPSA) is 81.2 Å². The first-order valence-corrected chi connectivity index (χ1v) is 8.57. The third kappa shape index (κ3) is 6.02. The van der Waals surface area contributed by atoms with Crippen LogP contribution in [0.5, 0.6) is 0 Å². The minimum absolute atomic E-state index is 0.183. The standard InChI is InChI=1S/C16H23N3O3S/c1-6-9-17-15(21)12(4)22-14(20)8-7-13-10(2)18-16(23-5)19-11(13)3/h6,12H,1,7-9H2,2-5H3,(H,17,21)/t12-/m1/s1. The van der Waals surface area contributed by atoms with Gasteiger partial charge in [0, 0.05) is 24.4 Å². The van der Waals surface area contributed by atoms with Crippen molar-refractivity contribution in [1.29, 1.82) is 0 Å². The Bertz CT molecular complexity index is 567. The lowest BCUT2D eigenvalue weighted by Crippen LogP contribution is -2.35. The second-order valence-electron chi connectivity index (χ2n) is 5.03. The molecule has 126 valence electrons. The first-order chi connectivity index (χ1) is 10.9. The van der Waals surface area contributed by atoms with Crippen LogP contribution in [0.15, 0.2) is 17.8 Å². The van der Waals surface area contributed by atoms with Crippen molar-refractivity contribution < 1.29 is 14.3 Å². The first-order valence-electron chi connectivity index (χ1n) is 7.35. The third-order valence-electron chi connectivity index (χ3n) is 3.26. The molecule has 0 aromatic carbocycles. The number of ether oxygens (including phenoxy) is 1. The molecule has 0 fully saturated rings. The second kappa shape index (κ2) is 9.29. The van der Waals surface area contributed by atoms with Crippen molar-refractivity contribution in [2.24, 2.45) is 0 Å². The molecule has 1 rings (SSSR count). The Morgan fingerprint density at radius 1 is 1.35 bits per heavy atom. The van der Waals surface area contributed by atoms with Crippen LogP contribution in [0.3, 0.4) is 0 Å². The zero-order valence-electron chi connectivity index (χ0n) is 14.0. The van der Waals surface area contributed by atoms with Crippen LogP contribution in [0.25, 0.3) is 0 Å². The van der Waals surface area contributed by atoms with Crippen LogP contribution in [0, 0.1) is 13.8 Å². The molecule has 23 heavy (non-hydrogen) atoms. The highest BCUT2D eigenvalue weighted by Crippen LogP contribution is 2.17. The predicted octanol–water partition coefficient (Wildman–Crippen LogP) is 1.98. The summed E-state index contributed by atoms with van der Waals surface area (Å²) >= 11 is 1.48. The molecule has 1 atom stereocenters. The molecule has 1 aromatic rings. The summed E-state index contributed by atoms with van der Waals surface area (Å²) < 4.78 is 5.13. The normalized spacial score (nSPS) is 11.7. The lowest BCUT2D eigenvalue weighted by Gasteiger charge is -2.13. The summed E-state index contributed by atoms with van der Waals surface area (Å²) in [7, 11) is 0. The summed E-state index contributed by atoms with van der Waals surface area (Å²) in [5.74, 6) is -0.753. The molecular formula is C16H23N3O3S. The molecule has 0 radical (unpaired) electrons. The molecule has 0 bridgehead atoms. The van der Waals surface area contributed by atoms with Gasteiger partial charge in [0.15, 0.2) is 11.3 Å². The van der Waals surface area contributed by atoms with Crippen molar-refractivity contribution in [3.05, 3.63) is 29.6 Å². The molecule has 1 amide bonds. The van der Waals surface area contributed by atoms with Crippen molar-refractivity contribution in [2.45, 2.75) is 44.9 Å². The fraction of sp³-hybridized carbons (Fsp3) is 0.500. The van der Waals surface area contributed by atoms with Gasteiger partial charge >= 0.3 is 5.97 Å². The smallest absolute Gasteiger partial charge is 0.306 e. The molecule has 0 saturated heterocycles. The average Bonchev–Trinajstić information content (AvgIpc) is 2.51. The van der Waals surface area contributed by atoms with E-state index in [0.29, 0.717) is 13.0 Å². The maximum absolute atomic E-state index is 11.9. The monoisotopic (exact) mass is 337 g/mol. The number of thioether (sulfide) groups is 1. The number of amides is 1. The first kappa shape index (κ1) is 19.2. The highest BCUT2D eigenvalue weighted by Gasteiger charge is 2.18. The van der Waals surface area contributed by atoms with Crippen LogP contribution in [-0.4, -0.2) is 40.7 Å². The minimum Gasteiger partial charge on any atom is -0.453 e. The third-order valence-corrected chi connectivity index (χ3v) is 3.81. The van der Waals surface area contributed by atoms with Crippen molar-refractivity contribution in [3.8, 4) is 0 Å². The lowest BCUT2D eigenvalue weighted by molar-refractivity contribution is -0.154. The van der Waals surface area contributed by atoms with Gasteiger partial charge in [-0.2, -0.15) is 0 Å². The van der Waals surface area contributed by atoms with Crippen molar-refractivity contribution in [3.63, 3.8) is 0 Å². The van der Waals surface area contributed by atoms with Crippen LogP contribution < -0.4 is 5.32 Å². The molecule has 0 aliphatic rings. The van der Waals surface area contributed by atoms with Crippen LogP contribution in [0.2, 0.25) is 0 Å². The summed E-state index contributed by atoms with van der Waals surface area (Å²) in [6.07, 6.45) is 3.34. The molecule has 0 unspecified atom stereocenters. The van der Waals surface area contributed by atoms with Gasteiger partial charge in [0.2, 0.25) is 0 Å². The largest absolute Gasteiger partial charge is 0.453 e. The van der Waals surface area contributed by atoms with Gasteiger partial charge in [-0.15, -0.1) is 6.58 Å². The molecular weight excluding hydrogens is 314 g/mol. The average molecular weight is 337 g/mol. The van der Waals surface area contributed by atoms with E-state index in [1.54, 1.807) is 13.0 Å². The van der Waals surface area contributed by atoms with E-state index in [1.165, 1.54) is 11.8 Å². The van der Waals surface area contributed by atoms with Gasteiger partial charge in [0.25, 0.3) is 5.91 Å². The van der Waals surface area contributed by atoms with E-state index in [4.69, 9.17) is 4.74 Å². The van der Waals surface area contributed by atoms with Gasteiger partial charge in [0.05, 0.1) is 0 Å². The van der Waals surface area contributed by atoms with Gasteiger partial charge in [-0.05, 0) is 39.0 Å². The quantitative estimate of drug-likeness (QED) is 0.338. The van der Waals surface area contributed by atoms with E-state index >= 15 is 0 Å². The Hall–Kier alpha value is -1.89. The Balaban J connectivity index is 2.56. The number of aromatic nitrogens is 2. The number of carbonyl (C=O) groups is 2. The van der Waals surface area contributed by atoms with Crippen molar-refractivity contribution in [2.75, 3.05) is 12.8 Å². The number of hydrogen-bond donors (Lipinski definition) is 1. The van der Waals surface area contributed by atoms with Gasteiger partial charge < -0.3 is 10.1 Å². The predicted molar refractivity (Wildman–Crippen MR) is 90.4 cm³/mol. The van der Waals surface area contributed by atoms with Gasteiger partial charge in [-0.1, -0.05) is 17.8 Å². The van der Waals surface area contributed by atoms with E-state index in [0.717, 1.165) is 22.1 Å². The number of nitrogens with zero attached hydrogens (tertiary/aromatic N) is 2. The molecule has 1 N–H and O–H groups in total. The van der Waals surface area contributed by atoms with E-state index in [9.17, 15) is 9.59 Å². The number of nitrogens with one attached hydrogen (secondary N) is 1. The number of hydrogen-bond acceptors (Lipinski definition) is 6. The second-order valence-corrected chi connectivity index (χ2v) is 5.80. The molecule has 0 aliphatic heterocycles. The number of carbonyl (C=O) groups excluding carboxylic acids is 2. The minimum atomic E-state index is -0.820. The van der Waals surface area contributed by atoms with Crippen molar-refractivity contribution >= 4 is 23.6 Å². The molecule has 0 spiro atoms. The summed E-state index contributed by atoms with van der Waals surface area (Å²) in [5.41, 5.74) is 2.68. The summed E-state index contributed by atoms with van der Waals surface area (Å²) in [5, 5.41) is 3.31. The highest BCUT2D eigenvalue weighted by atomic mass is 32.2. The number of esters is 1. The molecule has 0 aliphatic carbocycles. The maximum Gasteiger partial charge on any atom is 0.306 e. The molecule has 0 saturated carbocycles. The zero-order chi connectivity index (χ0) is 17.4. The number of rotatable bonds is 8. The molecule has 7 heteroatoms. The SMILES string of the molecule is C=CCNC(=O)[C@@H](C)OC(=O)CCc1c(C)nc(SC)nc1C. The van der Waals surface area contributed by atoms with E-state index in [1.807, 2.05) is 20.1 Å².